The molecule has 0 radical (unpaired) electrons. The molecule has 0 aliphatic heterocycles. The van der Waals surface area contributed by atoms with E-state index in [2.05, 4.69) is 136 Å². The summed E-state index contributed by atoms with van der Waals surface area (Å²) < 4.78 is 17.2. The average Bonchev–Trinajstić information content (AvgIpc) is 3.27. The highest BCUT2D eigenvalue weighted by Gasteiger charge is 2.17. The van der Waals surface area contributed by atoms with Crippen LogP contribution in [-0.4, -0.2) is 37.9 Å². The highest BCUT2D eigenvalue weighted by molar-refractivity contribution is 5.70. The monoisotopic (exact) mass is 857 g/mol. The summed E-state index contributed by atoms with van der Waals surface area (Å²) in [5.74, 6) is -0.531. The van der Waals surface area contributed by atoms with Crippen LogP contribution in [0.25, 0.3) is 0 Å². The van der Waals surface area contributed by atoms with Gasteiger partial charge in [-0.1, -0.05) is 219 Å². The minimum absolute atomic E-state index is 0.0177. The first-order valence-corrected chi connectivity index (χ1v) is 25.1. The lowest BCUT2D eigenvalue weighted by Gasteiger charge is -2.18. The van der Waals surface area contributed by atoms with Crippen molar-refractivity contribution < 1.29 is 23.8 Å². The van der Waals surface area contributed by atoms with E-state index in [4.69, 9.17) is 14.2 Å². The molecule has 1 atom stereocenters. The van der Waals surface area contributed by atoms with Crippen molar-refractivity contribution in [2.45, 2.75) is 207 Å². The first-order chi connectivity index (χ1) is 30.6. The van der Waals surface area contributed by atoms with E-state index >= 15 is 0 Å². The van der Waals surface area contributed by atoms with Gasteiger partial charge in [0.2, 0.25) is 0 Å². The Morgan fingerprint density at radius 1 is 0.371 bits per heavy atom. The Balaban J connectivity index is 4.47. The maximum Gasteiger partial charge on any atom is 0.306 e. The van der Waals surface area contributed by atoms with Crippen LogP contribution < -0.4 is 0 Å². The normalized spacial score (nSPS) is 13.3. The highest BCUT2D eigenvalue weighted by Crippen LogP contribution is 2.14. The SMILES string of the molecule is CC/C=C\C/C=C\C/C=C\C/C=C\C/C=C\C/C=C\CCC(=O)OCC(COCCC/C=C\C/C=C\C/C=C\C/C=C\CC)OC(=O)CCCCCCCCCCCCCCC. The fraction of sp³-hybridized carbons (Fsp3) is 0.614. The van der Waals surface area contributed by atoms with Gasteiger partial charge in [0.15, 0.2) is 6.10 Å². The molecule has 0 amide bonds. The van der Waals surface area contributed by atoms with Crippen molar-refractivity contribution in [2.75, 3.05) is 19.8 Å². The summed E-state index contributed by atoms with van der Waals surface area (Å²) in [5, 5.41) is 0. The van der Waals surface area contributed by atoms with Gasteiger partial charge >= 0.3 is 11.9 Å². The molecule has 0 fully saturated rings. The number of hydrogen-bond donors (Lipinski definition) is 0. The van der Waals surface area contributed by atoms with Crippen LogP contribution in [0.1, 0.15) is 201 Å². The third-order valence-corrected chi connectivity index (χ3v) is 10.0. The zero-order valence-electron chi connectivity index (χ0n) is 40.1. The molecule has 5 heteroatoms. The van der Waals surface area contributed by atoms with E-state index in [-0.39, 0.29) is 31.6 Å². The van der Waals surface area contributed by atoms with Crippen molar-refractivity contribution in [1.82, 2.24) is 0 Å². The van der Waals surface area contributed by atoms with E-state index in [0.29, 0.717) is 19.4 Å². The molecule has 0 aliphatic carbocycles. The van der Waals surface area contributed by atoms with E-state index in [9.17, 15) is 9.59 Å². The van der Waals surface area contributed by atoms with Crippen molar-refractivity contribution in [3.8, 4) is 0 Å². The van der Waals surface area contributed by atoms with Crippen LogP contribution in [0.15, 0.2) is 122 Å². The molecule has 0 aromatic carbocycles. The number of rotatable bonds is 44. The van der Waals surface area contributed by atoms with Crippen molar-refractivity contribution in [1.29, 1.82) is 0 Å². The van der Waals surface area contributed by atoms with Gasteiger partial charge in [0.1, 0.15) is 6.61 Å². The number of esters is 2. The second-order valence-corrected chi connectivity index (χ2v) is 16.0. The zero-order chi connectivity index (χ0) is 44.9. The minimum Gasteiger partial charge on any atom is -0.462 e. The lowest BCUT2D eigenvalue weighted by molar-refractivity contribution is -0.162. The maximum absolute atomic E-state index is 12.8. The Hall–Kier alpha value is -3.70. The van der Waals surface area contributed by atoms with Crippen molar-refractivity contribution in [3.05, 3.63) is 122 Å². The van der Waals surface area contributed by atoms with Crippen LogP contribution in [0.3, 0.4) is 0 Å². The molecule has 0 heterocycles. The Bertz CT molecular complexity index is 1290. The second-order valence-electron chi connectivity index (χ2n) is 16.0. The molecule has 62 heavy (non-hydrogen) atoms. The molecular weight excluding hydrogens is 765 g/mol. The molecule has 0 aromatic rings. The molecule has 0 saturated heterocycles. The minimum atomic E-state index is -0.600. The fourth-order valence-corrected chi connectivity index (χ4v) is 6.36. The van der Waals surface area contributed by atoms with Gasteiger partial charge in [-0.2, -0.15) is 0 Å². The molecule has 0 rings (SSSR count). The Morgan fingerprint density at radius 3 is 1.16 bits per heavy atom. The van der Waals surface area contributed by atoms with Gasteiger partial charge in [-0.05, 0) is 89.9 Å². The van der Waals surface area contributed by atoms with E-state index in [1.165, 1.54) is 64.2 Å². The van der Waals surface area contributed by atoms with Crippen LogP contribution in [0.2, 0.25) is 0 Å². The van der Waals surface area contributed by atoms with E-state index in [1.807, 2.05) is 6.08 Å². The van der Waals surface area contributed by atoms with Crippen LogP contribution >= 0.6 is 0 Å². The Morgan fingerprint density at radius 2 is 0.742 bits per heavy atom. The standard InChI is InChI=1S/C57H92O5/c1-4-7-10-13-16-19-22-25-27-28-29-30-31-33-35-38-41-44-47-50-56(58)61-54-55(53-60-52-49-46-43-40-37-34-26-23-20-17-14-11-8-5-2)62-57(59)51-48-45-42-39-36-32-24-21-18-15-12-9-6-3/h7-8,10-11,16-17,19-20,25-27,29-30,33-35,40-41,43-44,55H,4-6,9,12-15,18,21-24,28,31-32,36-39,42,45-54H2,1-3H3/b10-7-,11-8-,19-16-,20-17-,27-25-,30-29-,34-26-,35-33-,43-40-,44-41-. The molecule has 0 N–H and O–H groups in total. The van der Waals surface area contributed by atoms with Gasteiger partial charge in [0, 0.05) is 19.4 Å². The Kier molecular flexibility index (Phi) is 48.6. The summed E-state index contributed by atoms with van der Waals surface area (Å²) in [7, 11) is 0. The van der Waals surface area contributed by atoms with E-state index < -0.39 is 6.10 Å². The van der Waals surface area contributed by atoms with Gasteiger partial charge in [-0.3, -0.25) is 9.59 Å². The topological polar surface area (TPSA) is 61.8 Å². The second kappa shape index (κ2) is 51.6. The molecule has 0 aromatic heterocycles. The summed E-state index contributed by atoms with van der Waals surface area (Å²) in [4.78, 5) is 25.3. The van der Waals surface area contributed by atoms with Gasteiger partial charge in [-0.25, -0.2) is 0 Å². The molecular formula is C57H92O5. The maximum atomic E-state index is 12.8. The quantitative estimate of drug-likeness (QED) is 0.0347. The third-order valence-electron chi connectivity index (χ3n) is 10.0. The average molecular weight is 857 g/mol. The van der Waals surface area contributed by atoms with Gasteiger partial charge in [-0.15, -0.1) is 0 Å². The molecule has 0 aliphatic rings. The largest absolute Gasteiger partial charge is 0.462 e. The van der Waals surface area contributed by atoms with Crippen molar-refractivity contribution in [2.24, 2.45) is 0 Å². The lowest BCUT2D eigenvalue weighted by Crippen LogP contribution is -2.30. The number of carbonyl (C=O) groups excluding carboxylic acids is 2. The number of carbonyl (C=O) groups is 2. The van der Waals surface area contributed by atoms with Crippen LogP contribution in [-0.2, 0) is 23.8 Å². The summed E-state index contributed by atoms with van der Waals surface area (Å²) in [6.07, 6.45) is 72.3. The first-order valence-electron chi connectivity index (χ1n) is 25.1. The smallest absolute Gasteiger partial charge is 0.306 e. The molecule has 0 saturated carbocycles. The molecule has 1 unspecified atom stereocenters. The summed E-state index contributed by atoms with van der Waals surface area (Å²) in [5.41, 5.74) is 0. The summed E-state index contributed by atoms with van der Waals surface area (Å²) in [6.45, 7) is 7.37. The lowest BCUT2D eigenvalue weighted by atomic mass is 10.0. The molecule has 0 spiro atoms. The van der Waals surface area contributed by atoms with Crippen molar-refractivity contribution in [3.63, 3.8) is 0 Å². The number of unbranched alkanes of at least 4 members (excludes halogenated alkanes) is 13. The third kappa shape index (κ3) is 49.0. The van der Waals surface area contributed by atoms with Gasteiger partial charge < -0.3 is 14.2 Å². The zero-order valence-corrected chi connectivity index (χ0v) is 40.1. The number of allylic oxidation sites excluding steroid dienone is 20. The van der Waals surface area contributed by atoms with Crippen LogP contribution in [0.4, 0.5) is 0 Å². The molecule has 0 bridgehead atoms. The van der Waals surface area contributed by atoms with E-state index in [0.717, 1.165) is 96.3 Å². The highest BCUT2D eigenvalue weighted by atomic mass is 16.6. The van der Waals surface area contributed by atoms with Crippen LogP contribution in [0.5, 0.6) is 0 Å². The van der Waals surface area contributed by atoms with Gasteiger partial charge in [0.05, 0.1) is 6.61 Å². The number of ether oxygens (including phenoxy) is 3. The summed E-state index contributed by atoms with van der Waals surface area (Å²) >= 11 is 0. The van der Waals surface area contributed by atoms with Gasteiger partial charge in [0.25, 0.3) is 0 Å². The fourth-order valence-electron chi connectivity index (χ4n) is 6.36. The predicted octanol–water partition coefficient (Wildman–Crippen LogP) is 17.0. The van der Waals surface area contributed by atoms with E-state index in [1.54, 1.807) is 0 Å². The molecule has 5 nitrogen and oxygen atoms in total. The molecule has 350 valence electrons. The predicted molar refractivity (Wildman–Crippen MR) is 269 cm³/mol. The van der Waals surface area contributed by atoms with Crippen LogP contribution in [0, 0.1) is 0 Å². The van der Waals surface area contributed by atoms with Crippen molar-refractivity contribution >= 4 is 11.9 Å². The summed E-state index contributed by atoms with van der Waals surface area (Å²) in [6, 6.07) is 0. The first kappa shape index (κ1) is 58.3. The Labute approximate surface area is 382 Å². The number of hydrogen-bond acceptors (Lipinski definition) is 5.